The van der Waals surface area contributed by atoms with E-state index in [4.69, 9.17) is 10.2 Å². The van der Waals surface area contributed by atoms with Crippen molar-refractivity contribution in [3.63, 3.8) is 0 Å². The van der Waals surface area contributed by atoms with E-state index in [0.29, 0.717) is 0 Å². The summed E-state index contributed by atoms with van der Waals surface area (Å²) in [6.45, 7) is 0.959. The van der Waals surface area contributed by atoms with Crippen LogP contribution in [0.3, 0.4) is 0 Å². The van der Waals surface area contributed by atoms with Crippen molar-refractivity contribution in [1.29, 1.82) is 0 Å². The van der Waals surface area contributed by atoms with Crippen LogP contribution >= 0.6 is 0 Å². The van der Waals surface area contributed by atoms with E-state index in [1.54, 1.807) is 0 Å². The lowest BCUT2D eigenvalue weighted by Crippen LogP contribution is -2.54. The summed E-state index contributed by atoms with van der Waals surface area (Å²) in [7, 11) is 0. The summed E-state index contributed by atoms with van der Waals surface area (Å²) >= 11 is 0. The summed E-state index contributed by atoms with van der Waals surface area (Å²) in [5, 5.41) is 27.5. The quantitative estimate of drug-likeness (QED) is 0.415. The Hall–Kier alpha value is -0.690. The fourth-order valence-corrected chi connectivity index (χ4v) is 1.10. The van der Waals surface area contributed by atoms with Gasteiger partial charge in [-0.15, -0.1) is 0 Å². The molecule has 1 heterocycles. The lowest BCUT2D eigenvalue weighted by Gasteiger charge is -2.34. The van der Waals surface area contributed by atoms with Crippen LogP contribution in [0.25, 0.3) is 0 Å². The predicted octanol–water partition coefficient (Wildman–Crippen LogP) is -2.01. The van der Waals surface area contributed by atoms with Crippen molar-refractivity contribution >= 4 is 5.97 Å². The first-order valence-electron chi connectivity index (χ1n) is 3.85. The van der Waals surface area contributed by atoms with E-state index in [1.165, 1.54) is 0 Å². The summed E-state index contributed by atoms with van der Waals surface area (Å²) in [6.07, 6.45) is -5.07. The van der Waals surface area contributed by atoms with Gasteiger partial charge in [-0.25, -0.2) is 0 Å². The smallest absolute Gasteiger partial charge is 0.303 e. The Labute approximate surface area is 74.7 Å². The molecule has 3 N–H and O–H groups in total. The molecule has 6 heteroatoms. The Bertz CT molecular complexity index is 193. The minimum absolute atomic E-state index is 0.180. The lowest BCUT2D eigenvalue weighted by atomic mass is 10.1. The molecular weight excluding hydrogens is 180 g/mol. The highest BCUT2D eigenvalue weighted by Crippen LogP contribution is 2.16. The van der Waals surface area contributed by atoms with E-state index < -0.39 is 30.6 Å². The predicted molar refractivity (Wildman–Crippen MR) is 39.5 cm³/mol. The van der Waals surface area contributed by atoms with Gasteiger partial charge in [-0.05, 0) is 0 Å². The van der Waals surface area contributed by atoms with Crippen LogP contribution in [-0.4, -0.2) is 52.5 Å². The van der Waals surface area contributed by atoms with Gasteiger partial charge in [-0.3, -0.25) is 4.79 Å². The molecule has 0 aliphatic carbocycles. The summed E-state index contributed by atoms with van der Waals surface area (Å²) in [5.74, 6) is -0.652. The first kappa shape index (κ1) is 10.4. The maximum absolute atomic E-state index is 10.5. The van der Waals surface area contributed by atoms with E-state index in [9.17, 15) is 9.90 Å². The molecule has 0 bridgehead atoms. The van der Waals surface area contributed by atoms with E-state index in [1.807, 2.05) is 0 Å². The Morgan fingerprint density at radius 2 is 2.08 bits per heavy atom. The third kappa shape index (κ3) is 2.38. The number of aliphatic hydroxyl groups excluding tert-OH is 3. The maximum Gasteiger partial charge on any atom is 0.303 e. The van der Waals surface area contributed by atoms with Crippen LogP contribution in [0.5, 0.6) is 0 Å². The van der Waals surface area contributed by atoms with Gasteiger partial charge in [-0.2, -0.15) is 0 Å². The third-order valence-electron chi connectivity index (χ3n) is 1.75. The number of aliphatic hydroxyl groups is 3. The number of carbonyl (C=O) groups excluding carboxylic acids is 1. The average Bonchev–Trinajstić information content (AvgIpc) is 2.05. The molecule has 76 valence electrons. The molecule has 0 amide bonds. The molecule has 0 aromatic rings. The minimum atomic E-state index is -1.39. The highest BCUT2D eigenvalue weighted by Gasteiger charge is 2.40. The lowest BCUT2D eigenvalue weighted by molar-refractivity contribution is -0.259. The molecule has 13 heavy (non-hydrogen) atoms. The van der Waals surface area contributed by atoms with Gasteiger partial charge in [0.25, 0.3) is 0 Å². The van der Waals surface area contributed by atoms with E-state index in [2.05, 4.69) is 9.47 Å². The molecule has 0 radical (unpaired) electrons. The van der Waals surface area contributed by atoms with Crippen molar-refractivity contribution in [2.45, 2.75) is 31.5 Å². The minimum Gasteiger partial charge on any atom is -0.454 e. The summed E-state index contributed by atoms with van der Waals surface area (Å²) in [4.78, 5) is 10.5. The fraction of sp³-hybridized carbons (Fsp3) is 0.857. The van der Waals surface area contributed by atoms with Crippen molar-refractivity contribution in [3.8, 4) is 0 Å². The maximum atomic E-state index is 10.5. The average molecular weight is 192 g/mol. The molecule has 1 fully saturated rings. The number of hydrogen-bond acceptors (Lipinski definition) is 6. The molecule has 1 aliphatic heterocycles. The van der Waals surface area contributed by atoms with Gasteiger partial charge in [0.2, 0.25) is 0 Å². The molecule has 0 aromatic heterocycles. The largest absolute Gasteiger partial charge is 0.454 e. The standard InChI is InChI=1S/C7H12O6/c1-3(8)13-6-5(10)4(9)2-12-7(6)11/h4-7,9-11H,2H2,1H3. The molecule has 0 spiro atoms. The van der Waals surface area contributed by atoms with Crippen molar-refractivity contribution in [2.24, 2.45) is 0 Å². The van der Waals surface area contributed by atoms with E-state index >= 15 is 0 Å². The monoisotopic (exact) mass is 192 g/mol. The van der Waals surface area contributed by atoms with Gasteiger partial charge < -0.3 is 24.8 Å². The summed E-state index contributed by atoms with van der Waals surface area (Å²) in [5.41, 5.74) is 0. The van der Waals surface area contributed by atoms with Crippen LogP contribution in [0.1, 0.15) is 6.92 Å². The SMILES string of the molecule is CC(=O)OC1C(O)OCC(O)C1O. The second-order valence-electron chi connectivity index (χ2n) is 2.86. The van der Waals surface area contributed by atoms with Gasteiger partial charge >= 0.3 is 5.97 Å². The first-order valence-corrected chi connectivity index (χ1v) is 3.85. The van der Waals surface area contributed by atoms with E-state index in [0.717, 1.165) is 6.92 Å². The molecule has 6 nitrogen and oxygen atoms in total. The molecule has 0 aromatic carbocycles. The molecular formula is C7H12O6. The van der Waals surface area contributed by atoms with Gasteiger partial charge in [0.05, 0.1) is 6.61 Å². The number of ether oxygens (including phenoxy) is 2. The van der Waals surface area contributed by atoms with E-state index in [-0.39, 0.29) is 6.61 Å². The second kappa shape index (κ2) is 4.01. The fourth-order valence-electron chi connectivity index (χ4n) is 1.10. The third-order valence-corrected chi connectivity index (χ3v) is 1.75. The van der Waals surface area contributed by atoms with Crippen LogP contribution in [0.15, 0.2) is 0 Å². The molecule has 1 rings (SSSR count). The van der Waals surface area contributed by atoms with Crippen molar-refractivity contribution in [3.05, 3.63) is 0 Å². The Balaban J connectivity index is 2.60. The van der Waals surface area contributed by atoms with Crippen LogP contribution in [0.4, 0.5) is 0 Å². The highest BCUT2D eigenvalue weighted by atomic mass is 16.7. The molecule has 1 aliphatic rings. The van der Waals surface area contributed by atoms with Crippen LogP contribution in [-0.2, 0) is 14.3 Å². The first-order chi connectivity index (χ1) is 6.02. The number of esters is 1. The Morgan fingerprint density at radius 3 is 2.62 bits per heavy atom. The normalized spacial score (nSPS) is 40.0. The second-order valence-corrected chi connectivity index (χ2v) is 2.86. The number of hydrogen-bond donors (Lipinski definition) is 3. The molecule has 1 saturated heterocycles. The van der Waals surface area contributed by atoms with Gasteiger partial charge in [0.15, 0.2) is 12.4 Å². The zero-order valence-corrected chi connectivity index (χ0v) is 7.08. The zero-order chi connectivity index (χ0) is 10.0. The highest BCUT2D eigenvalue weighted by molar-refractivity contribution is 5.66. The molecule has 4 unspecified atom stereocenters. The van der Waals surface area contributed by atoms with Crippen LogP contribution in [0.2, 0.25) is 0 Å². The Morgan fingerprint density at radius 1 is 1.46 bits per heavy atom. The number of carbonyl (C=O) groups is 1. The van der Waals surface area contributed by atoms with Crippen molar-refractivity contribution in [2.75, 3.05) is 6.61 Å². The topological polar surface area (TPSA) is 96.2 Å². The van der Waals surface area contributed by atoms with Crippen LogP contribution in [0, 0.1) is 0 Å². The summed E-state index contributed by atoms with van der Waals surface area (Å²) in [6, 6.07) is 0. The van der Waals surface area contributed by atoms with Crippen molar-refractivity contribution < 1.29 is 29.6 Å². The number of rotatable bonds is 1. The van der Waals surface area contributed by atoms with Gasteiger partial charge in [0, 0.05) is 6.92 Å². The van der Waals surface area contributed by atoms with Crippen LogP contribution < -0.4 is 0 Å². The van der Waals surface area contributed by atoms with Gasteiger partial charge in [-0.1, -0.05) is 0 Å². The Kier molecular flexibility index (Phi) is 3.21. The van der Waals surface area contributed by atoms with Crippen molar-refractivity contribution in [1.82, 2.24) is 0 Å². The molecule has 4 atom stereocenters. The zero-order valence-electron chi connectivity index (χ0n) is 7.08. The van der Waals surface area contributed by atoms with Gasteiger partial charge in [0.1, 0.15) is 12.2 Å². The molecule has 0 saturated carbocycles. The summed E-state index contributed by atoms with van der Waals surface area (Å²) < 4.78 is 9.20.